The molecule has 140 valence electrons. The largest absolute Gasteiger partial charge is 0.495 e. The molecule has 0 bridgehead atoms. The summed E-state index contributed by atoms with van der Waals surface area (Å²) in [6.07, 6.45) is 0. The first kappa shape index (κ1) is 19.1. The third kappa shape index (κ3) is 4.76. The lowest BCUT2D eigenvalue weighted by atomic mass is 10.0. The van der Waals surface area contributed by atoms with Crippen molar-refractivity contribution >= 4 is 22.9 Å². The van der Waals surface area contributed by atoms with E-state index >= 15 is 0 Å². The minimum Gasteiger partial charge on any atom is -0.495 e. The average Bonchev–Trinajstić information content (AvgIpc) is 3.21. The van der Waals surface area contributed by atoms with E-state index in [0.29, 0.717) is 11.4 Å². The van der Waals surface area contributed by atoms with E-state index in [9.17, 15) is 4.79 Å². The van der Waals surface area contributed by atoms with Crippen molar-refractivity contribution in [3.63, 3.8) is 0 Å². The highest BCUT2D eigenvalue weighted by molar-refractivity contribution is 7.10. The minimum absolute atomic E-state index is 0.0559. The number of amides is 1. The van der Waals surface area contributed by atoms with Crippen molar-refractivity contribution < 1.29 is 9.53 Å². The van der Waals surface area contributed by atoms with Crippen LogP contribution in [0.4, 0.5) is 5.69 Å². The highest BCUT2D eigenvalue weighted by Crippen LogP contribution is 2.28. The number of carbonyl (C=O) groups excluding carboxylic acids is 1. The lowest BCUT2D eigenvalue weighted by molar-refractivity contribution is -0.118. The van der Waals surface area contributed by atoms with Gasteiger partial charge in [-0.3, -0.25) is 10.1 Å². The molecule has 0 fully saturated rings. The Kier molecular flexibility index (Phi) is 6.27. The number of benzene rings is 2. The normalized spacial score (nSPS) is 13.0. The zero-order chi connectivity index (χ0) is 19.2. The zero-order valence-corrected chi connectivity index (χ0v) is 16.5. The van der Waals surface area contributed by atoms with Crippen LogP contribution in [0, 0.1) is 6.92 Å². The summed E-state index contributed by atoms with van der Waals surface area (Å²) in [5.74, 6) is 0.528. The summed E-state index contributed by atoms with van der Waals surface area (Å²) in [5, 5.41) is 8.54. The Morgan fingerprint density at radius 2 is 1.85 bits per heavy atom. The van der Waals surface area contributed by atoms with Crippen LogP contribution in [0.3, 0.4) is 0 Å². The number of rotatable bonds is 7. The van der Waals surface area contributed by atoms with Gasteiger partial charge in [-0.25, -0.2) is 0 Å². The number of methoxy groups -OCH3 is 1. The molecule has 1 aromatic heterocycles. The first-order chi connectivity index (χ1) is 13.1. The number of carbonyl (C=O) groups is 1. The fraction of sp³-hybridized carbons (Fsp3) is 0.227. The Hall–Kier alpha value is -2.63. The van der Waals surface area contributed by atoms with Crippen molar-refractivity contribution in [2.45, 2.75) is 25.9 Å². The van der Waals surface area contributed by atoms with Crippen molar-refractivity contribution in [1.82, 2.24) is 5.32 Å². The molecule has 4 nitrogen and oxygen atoms in total. The average molecular weight is 381 g/mol. The third-order valence-corrected chi connectivity index (χ3v) is 5.45. The molecule has 2 unspecified atom stereocenters. The number of hydrogen-bond acceptors (Lipinski definition) is 4. The van der Waals surface area contributed by atoms with Crippen LogP contribution in [0.15, 0.2) is 66.0 Å². The molecule has 0 aliphatic heterocycles. The van der Waals surface area contributed by atoms with Gasteiger partial charge in [-0.1, -0.05) is 42.5 Å². The lowest BCUT2D eigenvalue weighted by Gasteiger charge is -2.23. The number of hydrogen-bond donors (Lipinski definition) is 2. The molecule has 3 aromatic rings. The van der Waals surface area contributed by atoms with Crippen LogP contribution in [0.25, 0.3) is 0 Å². The summed E-state index contributed by atoms with van der Waals surface area (Å²) in [5.41, 5.74) is 2.65. The SMILES string of the molecule is COc1ccc(C)cc1NC(=O)C(NC(C)c1cccs1)c1ccccc1. The first-order valence-corrected chi connectivity index (χ1v) is 9.76. The van der Waals surface area contributed by atoms with Crippen molar-refractivity contribution in [3.05, 3.63) is 82.0 Å². The Labute approximate surface area is 164 Å². The molecular weight excluding hydrogens is 356 g/mol. The van der Waals surface area contributed by atoms with Gasteiger partial charge in [0.2, 0.25) is 5.91 Å². The number of anilines is 1. The number of nitrogens with one attached hydrogen (secondary N) is 2. The van der Waals surface area contributed by atoms with Gasteiger partial charge in [-0.05, 0) is 48.6 Å². The van der Waals surface area contributed by atoms with Crippen LogP contribution < -0.4 is 15.4 Å². The van der Waals surface area contributed by atoms with Gasteiger partial charge < -0.3 is 10.1 Å². The van der Waals surface area contributed by atoms with Crippen LogP contribution >= 0.6 is 11.3 Å². The van der Waals surface area contributed by atoms with Crippen LogP contribution in [0.5, 0.6) is 5.75 Å². The molecule has 0 spiro atoms. The van der Waals surface area contributed by atoms with Gasteiger partial charge in [0.05, 0.1) is 12.8 Å². The Bertz CT molecular complexity index is 879. The molecule has 0 saturated carbocycles. The fourth-order valence-electron chi connectivity index (χ4n) is 2.96. The van der Waals surface area contributed by atoms with Gasteiger partial charge in [-0.15, -0.1) is 11.3 Å². The van der Waals surface area contributed by atoms with Gasteiger partial charge >= 0.3 is 0 Å². The number of aryl methyl sites for hydroxylation is 1. The van der Waals surface area contributed by atoms with E-state index in [4.69, 9.17) is 4.74 Å². The Balaban J connectivity index is 1.86. The van der Waals surface area contributed by atoms with E-state index in [1.165, 1.54) is 4.88 Å². The molecule has 2 N–H and O–H groups in total. The second-order valence-corrected chi connectivity index (χ2v) is 7.42. The second kappa shape index (κ2) is 8.84. The van der Waals surface area contributed by atoms with Gasteiger partial charge in [0.15, 0.2) is 0 Å². The van der Waals surface area contributed by atoms with Crippen LogP contribution in [0.1, 0.15) is 35.0 Å². The van der Waals surface area contributed by atoms with E-state index < -0.39 is 6.04 Å². The topological polar surface area (TPSA) is 50.4 Å². The maximum atomic E-state index is 13.2. The molecule has 5 heteroatoms. The van der Waals surface area contributed by atoms with Crippen molar-refractivity contribution in [2.75, 3.05) is 12.4 Å². The highest BCUT2D eigenvalue weighted by atomic mass is 32.1. The zero-order valence-electron chi connectivity index (χ0n) is 15.7. The summed E-state index contributed by atoms with van der Waals surface area (Å²) in [6, 6.07) is 19.2. The quantitative estimate of drug-likeness (QED) is 0.600. The maximum absolute atomic E-state index is 13.2. The molecule has 0 saturated heterocycles. The predicted octanol–water partition coefficient (Wildman–Crippen LogP) is 5.10. The standard InChI is InChI=1S/C22H24N2O2S/c1-15-11-12-19(26-3)18(14-15)24-22(25)21(17-8-5-4-6-9-17)23-16(2)20-10-7-13-27-20/h4-14,16,21,23H,1-3H3,(H,24,25). The molecule has 2 aromatic carbocycles. The van der Waals surface area contributed by atoms with E-state index in [1.54, 1.807) is 18.4 Å². The Morgan fingerprint density at radius 3 is 2.52 bits per heavy atom. The predicted molar refractivity (Wildman–Crippen MR) is 111 cm³/mol. The van der Waals surface area contributed by atoms with Crippen LogP contribution in [-0.4, -0.2) is 13.0 Å². The van der Waals surface area contributed by atoms with E-state index in [-0.39, 0.29) is 11.9 Å². The molecule has 0 aliphatic carbocycles. The molecular formula is C22H24N2O2S. The molecule has 0 aliphatic rings. The maximum Gasteiger partial charge on any atom is 0.246 e. The molecule has 2 atom stereocenters. The smallest absolute Gasteiger partial charge is 0.246 e. The van der Waals surface area contributed by atoms with Crippen LogP contribution in [-0.2, 0) is 4.79 Å². The fourth-order valence-corrected chi connectivity index (χ4v) is 3.71. The van der Waals surface area contributed by atoms with Crippen molar-refractivity contribution in [3.8, 4) is 5.75 Å². The third-order valence-electron chi connectivity index (χ3n) is 4.39. The van der Waals surface area contributed by atoms with Gasteiger partial charge in [0.1, 0.15) is 11.8 Å². The molecule has 27 heavy (non-hydrogen) atoms. The Morgan fingerprint density at radius 1 is 1.07 bits per heavy atom. The summed E-state index contributed by atoms with van der Waals surface area (Å²) in [4.78, 5) is 14.4. The number of thiophene rings is 1. The van der Waals surface area contributed by atoms with Gasteiger partial charge in [-0.2, -0.15) is 0 Å². The minimum atomic E-state index is -0.478. The van der Waals surface area contributed by atoms with Gasteiger partial charge in [0, 0.05) is 10.9 Å². The van der Waals surface area contributed by atoms with Gasteiger partial charge in [0.25, 0.3) is 0 Å². The van der Waals surface area contributed by atoms with E-state index in [1.807, 2.05) is 66.9 Å². The van der Waals surface area contributed by atoms with Crippen molar-refractivity contribution in [1.29, 1.82) is 0 Å². The molecule has 3 rings (SSSR count). The lowest BCUT2D eigenvalue weighted by Crippen LogP contribution is -2.34. The number of ether oxygens (including phenoxy) is 1. The van der Waals surface area contributed by atoms with Crippen LogP contribution in [0.2, 0.25) is 0 Å². The highest BCUT2D eigenvalue weighted by Gasteiger charge is 2.24. The summed E-state index contributed by atoms with van der Waals surface area (Å²) in [6.45, 7) is 4.06. The molecule has 1 heterocycles. The molecule has 1 amide bonds. The molecule has 0 radical (unpaired) electrons. The van der Waals surface area contributed by atoms with E-state index in [2.05, 4.69) is 23.6 Å². The second-order valence-electron chi connectivity index (χ2n) is 6.44. The van der Waals surface area contributed by atoms with Crippen molar-refractivity contribution in [2.24, 2.45) is 0 Å². The van der Waals surface area contributed by atoms with E-state index in [0.717, 1.165) is 11.1 Å². The summed E-state index contributed by atoms with van der Waals surface area (Å²) in [7, 11) is 1.60. The summed E-state index contributed by atoms with van der Waals surface area (Å²) >= 11 is 1.68. The monoisotopic (exact) mass is 380 g/mol. The first-order valence-electron chi connectivity index (χ1n) is 8.88. The summed E-state index contributed by atoms with van der Waals surface area (Å²) < 4.78 is 5.39.